The minimum absolute atomic E-state index is 0.0493. The van der Waals surface area contributed by atoms with Gasteiger partial charge in [-0.25, -0.2) is 5.84 Å². The summed E-state index contributed by atoms with van der Waals surface area (Å²) < 4.78 is 34.1. The van der Waals surface area contributed by atoms with Gasteiger partial charge >= 0.3 is 0 Å². The van der Waals surface area contributed by atoms with E-state index in [-0.39, 0.29) is 11.6 Å². The third kappa shape index (κ3) is 2.61. The van der Waals surface area contributed by atoms with Crippen molar-refractivity contribution in [3.05, 3.63) is 6.07 Å². The van der Waals surface area contributed by atoms with Crippen LogP contribution >= 0.6 is 0 Å². The van der Waals surface area contributed by atoms with Crippen LogP contribution in [0.4, 0.5) is 11.6 Å². The fraction of sp³-hybridized carbons (Fsp3) is 0. The Balaban J connectivity index is 2.87. The van der Waals surface area contributed by atoms with Crippen molar-refractivity contribution in [2.24, 2.45) is 5.84 Å². The van der Waals surface area contributed by atoms with Crippen LogP contribution in [0.1, 0.15) is 0 Å². The molecule has 0 unspecified atom stereocenters. The second-order valence-corrected chi connectivity index (χ2v) is 2.81. The number of halogens is 1. The molecule has 9 nitrogen and oxygen atoms in total. The van der Waals surface area contributed by atoms with Crippen molar-refractivity contribution in [2.45, 2.75) is 0 Å². The summed E-state index contributed by atoms with van der Waals surface area (Å²) in [6.07, 6.45) is 0. The molecule has 0 aliphatic heterocycles. The normalized spacial score (nSPS) is 11.4. The zero-order valence-corrected chi connectivity index (χ0v) is 6.89. The molecular formula is C3H6ClN5O4. The van der Waals surface area contributed by atoms with Crippen molar-refractivity contribution in [1.29, 1.82) is 0 Å². The maximum Gasteiger partial charge on any atom is 0.197 e. The number of nitrogens with two attached hydrogens (primary N) is 2. The van der Waals surface area contributed by atoms with Crippen LogP contribution in [0.3, 0.4) is 0 Å². The summed E-state index contributed by atoms with van der Waals surface area (Å²) in [5, 5.41) is 3.31. The molecule has 0 aliphatic rings. The van der Waals surface area contributed by atoms with E-state index in [2.05, 4.69) is 9.49 Å². The SMILES string of the molecule is NNc1cc(N)nn1O[Cl+3]([O-])([O-])[O-]. The highest BCUT2D eigenvalue weighted by Crippen LogP contribution is 2.09. The molecular weight excluding hydrogens is 206 g/mol. The summed E-state index contributed by atoms with van der Waals surface area (Å²) in [5.41, 5.74) is 7.19. The Morgan fingerprint density at radius 2 is 2.15 bits per heavy atom. The highest BCUT2D eigenvalue weighted by molar-refractivity contribution is 5.43. The van der Waals surface area contributed by atoms with Gasteiger partial charge in [-0.15, -0.1) is 5.10 Å². The quantitative estimate of drug-likeness (QED) is 0.331. The summed E-state index contributed by atoms with van der Waals surface area (Å²) >= 11 is 0. The molecule has 0 aromatic carbocycles. The predicted octanol–water partition coefficient (Wildman–Crippen LogP) is -4.92. The highest BCUT2D eigenvalue weighted by Gasteiger charge is 2.23. The number of rotatable bonds is 3. The van der Waals surface area contributed by atoms with Crippen LogP contribution in [0.25, 0.3) is 0 Å². The lowest BCUT2D eigenvalue weighted by Crippen LogP contribution is -2.65. The van der Waals surface area contributed by atoms with Gasteiger partial charge in [0.15, 0.2) is 21.9 Å². The monoisotopic (exact) mass is 211 g/mol. The van der Waals surface area contributed by atoms with Crippen molar-refractivity contribution in [2.75, 3.05) is 11.2 Å². The smallest absolute Gasteiger partial charge is 0.197 e. The van der Waals surface area contributed by atoms with Crippen molar-refractivity contribution in [3.63, 3.8) is 0 Å². The van der Waals surface area contributed by atoms with E-state index < -0.39 is 10.2 Å². The molecule has 1 rings (SSSR count). The van der Waals surface area contributed by atoms with Gasteiger partial charge < -0.3 is 11.2 Å². The maximum atomic E-state index is 10.1. The average Bonchev–Trinajstić information content (AvgIpc) is 2.27. The number of hydrazine groups is 1. The molecule has 0 spiro atoms. The van der Waals surface area contributed by atoms with Gasteiger partial charge in [-0.2, -0.15) is 14.0 Å². The van der Waals surface area contributed by atoms with E-state index in [0.29, 0.717) is 4.85 Å². The first-order valence-electron chi connectivity index (χ1n) is 2.85. The molecule has 0 bridgehead atoms. The van der Waals surface area contributed by atoms with Gasteiger partial charge in [-0.3, -0.25) is 0 Å². The van der Waals surface area contributed by atoms with Crippen molar-refractivity contribution in [3.8, 4) is 0 Å². The Morgan fingerprint density at radius 3 is 2.62 bits per heavy atom. The number of nitrogen functional groups attached to an aromatic ring is 2. The third-order valence-corrected chi connectivity index (χ3v) is 1.29. The topological polar surface area (TPSA) is 160 Å². The van der Waals surface area contributed by atoms with Crippen LogP contribution in [-0.4, -0.2) is 9.94 Å². The maximum absolute atomic E-state index is 10.1. The zero-order chi connectivity index (χ0) is 10.1. The fourth-order valence-corrected chi connectivity index (χ4v) is 0.878. The van der Waals surface area contributed by atoms with Gasteiger partial charge in [0, 0.05) is 6.07 Å². The van der Waals surface area contributed by atoms with Gasteiger partial charge in [0.1, 0.15) is 0 Å². The summed E-state index contributed by atoms with van der Waals surface area (Å²) in [6.45, 7) is 0. The Bertz CT molecular complexity index is 294. The molecule has 0 atom stereocenters. The van der Waals surface area contributed by atoms with Gasteiger partial charge in [0.05, 0.1) is 9.24 Å². The number of anilines is 2. The number of hydrogen-bond acceptors (Lipinski definition) is 8. The number of nitrogens with one attached hydrogen (secondary N) is 1. The Morgan fingerprint density at radius 1 is 1.54 bits per heavy atom. The van der Waals surface area contributed by atoms with Gasteiger partial charge in [-0.05, 0) is 0 Å². The molecule has 0 amide bonds. The minimum atomic E-state index is -4.63. The molecule has 1 heterocycles. The Kier molecular flexibility index (Phi) is 2.45. The lowest BCUT2D eigenvalue weighted by Gasteiger charge is -2.10. The minimum Gasteiger partial charge on any atom is -0.382 e. The second-order valence-electron chi connectivity index (χ2n) is 1.92. The van der Waals surface area contributed by atoms with Crippen molar-refractivity contribution in [1.82, 2.24) is 9.94 Å². The second kappa shape index (κ2) is 3.24. The van der Waals surface area contributed by atoms with Crippen molar-refractivity contribution < 1.29 is 28.6 Å². The van der Waals surface area contributed by atoms with E-state index in [9.17, 15) is 14.0 Å². The lowest BCUT2D eigenvalue weighted by molar-refractivity contribution is -1.92. The van der Waals surface area contributed by atoms with Gasteiger partial charge in [0.2, 0.25) is 0 Å². The van der Waals surface area contributed by atoms with Crippen LogP contribution in [0.5, 0.6) is 0 Å². The van der Waals surface area contributed by atoms with Crippen LogP contribution in [0.2, 0.25) is 0 Å². The molecule has 0 radical (unpaired) electrons. The van der Waals surface area contributed by atoms with Crippen LogP contribution < -0.4 is 35.4 Å². The van der Waals surface area contributed by atoms with E-state index in [4.69, 9.17) is 11.6 Å². The molecule has 1 aromatic rings. The lowest BCUT2D eigenvalue weighted by atomic mass is 10.6. The Hall–Kier alpha value is -1.26. The van der Waals surface area contributed by atoms with E-state index in [1.807, 2.05) is 5.43 Å². The standard InChI is InChI=1S/C3H6ClN5O4/c5-2-1-3(7-6)9(8-2)13-4(10,11)12/h1,7H,6H2,(H2,5,8). The highest BCUT2D eigenvalue weighted by atomic mass is 35.7. The predicted molar refractivity (Wildman–Crippen MR) is 31.0 cm³/mol. The molecule has 1 aromatic heterocycles. The number of hydrogen-bond donors (Lipinski definition) is 3. The Labute approximate surface area is 74.1 Å². The van der Waals surface area contributed by atoms with Gasteiger partial charge in [0.25, 0.3) is 0 Å². The molecule has 10 heteroatoms. The first-order chi connectivity index (χ1) is 5.92. The fourth-order valence-electron chi connectivity index (χ4n) is 0.612. The molecule has 0 aliphatic carbocycles. The van der Waals surface area contributed by atoms with Crippen LogP contribution in [0, 0.1) is 10.2 Å². The first-order valence-corrected chi connectivity index (χ1v) is 4.09. The summed E-state index contributed by atoms with van der Waals surface area (Å²) in [6, 6.07) is 1.18. The van der Waals surface area contributed by atoms with E-state index in [1.165, 1.54) is 6.07 Å². The number of nitrogens with zero attached hydrogens (tertiary/aromatic N) is 2. The molecule has 5 N–H and O–H groups in total. The van der Waals surface area contributed by atoms with Crippen LogP contribution in [-0.2, 0) is 0 Å². The summed E-state index contributed by atoms with van der Waals surface area (Å²) in [7, 11) is -4.63. The first kappa shape index (κ1) is 9.83. The molecule has 13 heavy (non-hydrogen) atoms. The van der Waals surface area contributed by atoms with E-state index in [1.54, 1.807) is 0 Å². The molecule has 74 valence electrons. The van der Waals surface area contributed by atoms with Crippen molar-refractivity contribution >= 4 is 11.6 Å². The summed E-state index contributed by atoms with van der Waals surface area (Å²) in [5.74, 6) is 4.82. The van der Waals surface area contributed by atoms with E-state index >= 15 is 0 Å². The van der Waals surface area contributed by atoms with E-state index in [0.717, 1.165) is 0 Å². The zero-order valence-electron chi connectivity index (χ0n) is 6.14. The van der Waals surface area contributed by atoms with Crippen LogP contribution in [0.15, 0.2) is 6.07 Å². The van der Waals surface area contributed by atoms with Gasteiger partial charge in [-0.1, -0.05) is 0 Å². The summed E-state index contributed by atoms with van der Waals surface area (Å²) in [4.78, 5) is 0.360. The largest absolute Gasteiger partial charge is 0.382 e. The number of aromatic nitrogens is 2. The average molecular weight is 212 g/mol. The molecule has 0 saturated heterocycles. The molecule has 0 fully saturated rings. The third-order valence-electron chi connectivity index (χ3n) is 0.995. The molecule has 0 saturated carbocycles.